The molecule has 0 saturated carbocycles. The van der Waals surface area contributed by atoms with Gasteiger partial charge < -0.3 is 10.6 Å². The highest BCUT2D eigenvalue weighted by atomic mass is 32.2. The van der Waals surface area contributed by atoms with E-state index in [0.717, 1.165) is 16.9 Å². The fourth-order valence-electron chi connectivity index (χ4n) is 3.45. The Kier molecular flexibility index (Phi) is 5.27. The van der Waals surface area contributed by atoms with E-state index in [-0.39, 0.29) is 18.0 Å². The number of nitrogens with zero attached hydrogens (tertiary/aromatic N) is 1. The van der Waals surface area contributed by atoms with Gasteiger partial charge in [-0.25, -0.2) is 0 Å². The van der Waals surface area contributed by atoms with Crippen molar-refractivity contribution in [2.24, 2.45) is 0 Å². The maximum atomic E-state index is 13.4. The zero-order chi connectivity index (χ0) is 20.4. The third kappa shape index (κ3) is 3.84. The SMILES string of the molecule is CSc1ccc(C2Nc3ccccc3C(=O)N2c2ccc(NC(C)=O)cc2)cc1. The van der Waals surface area contributed by atoms with Gasteiger partial charge in [-0.05, 0) is 60.4 Å². The molecule has 29 heavy (non-hydrogen) atoms. The maximum Gasteiger partial charge on any atom is 0.262 e. The number of rotatable bonds is 4. The lowest BCUT2D eigenvalue weighted by Gasteiger charge is -2.38. The average Bonchev–Trinajstić information content (AvgIpc) is 2.74. The molecule has 146 valence electrons. The highest BCUT2D eigenvalue weighted by Gasteiger charge is 2.33. The van der Waals surface area contributed by atoms with Crippen LogP contribution in [0.2, 0.25) is 0 Å². The molecule has 1 atom stereocenters. The molecule has 1 heterocycles. The molecule has 1 unspecified atom stereocenters. The first-order valence-corrected chi connectivity index (χ1v) is 10.5. The van der Waals surface area contributed by atoms with E-state index in [0.29, 0.717) is 11.3 Å². The van der Waals surface area contributed by atoms with Gasteiger partial charge in [0.2, 0.25) is 5.91 Å². The summed E-state index contributed by atoms with van der Waals surface area (Å²) in [5, 5.41) is 6.26. The Bertz CT molecular complexity index is 1050. The monoisotopic (exact) mass is 403 g/mol. The van der Waals surface area contributed by atoms with Crippen LogP contribution in [-0.4, -0.2) is 18.1 Å². The van der Waals surface area contributed by atoms with Crippen LogP contribution in [-0.2, 0) is 4.79 Å². The molecule has 3 aromatic carbocycles. The number of carbonyl (C=O) groups is 2. The summed E-state index contributed by atoms with van der Waals surface area (Å²) in [6.07, 6.45) is 1.70. The Balaban J connectivity index is 1.76. The smallest absolute Gasteiger partial charge is 0.262 e. The maximum absolute atomic E-state index is 13.4. The van der Waals surface area contributed by atoms with Gasteiger partial charge in [0.25, 0.3) is 5.91 Å². The van der Waals surface area contributed by atoms with Crippen molar-refractivity contribution in [1.29, 1.82) is 0 Å². The molecule has 0 aliphatic carbocycles. The Labute approximate surface area is 174 Å². The van der Waals surface area contributed by atoms with Crippen LogP contribution in [0, 0.1) is 0 Å². The number of hydrogen-bond acceptors (Lipinski definition) is 4. The molecule has 0 fully saturated rings. The van der Waals surface area contributed by atoms with Crippen molar-refractivity contribution < 1.29 is 9.59 Å². The number of carbonyl (C=O) groups excluding carboxylic acids is 2. The largest absolute Gasteiger partial charge is 0.360 e. The van der Waals surface area contributed by atoms with Crippen molar-refractivity contribution >= 4 is 40.6 Å². The van der Waals surface area contributed by atoms with Crippen molar-refractivity contribution in [3.05, 3.63) is 83.9 Å². The fraction of sp³-hybridized carbons (Fsp3) is 0.130. The first-order valence-electron chi connectivity index (χ1n) is 9.27. The average molecular weight is 404 g/mol. The summed E-state index contributed by atoms with van der Waals surface area (Å²) < 4.78 is 0. The molecule has 2 N–H and O–H groups in total. The van der Waals surface area contributed by atoms with Crippen LogP contribution in [0.25, 0.3) is 0 Å². The first-order chi connectivity index (χ1) is 14.1. The number of nitrogens with one attached hydrogen (secondary N) is 2. The Hall–Kier alpha value is -3.25. The molecule has 1 aliphatic rings. The minimum atomic E-state index is -0.333. The van der Waals surface area contributed by atoms with Crippen LogP contribution in [0.1, 0.15) is 29.0 Å². The van der Waals surface area contributed by atoms with Gasteiger partial charge in [0.1, 0.15) is 6.17 Å². The molecule has 0 bridgehead atoms. The summed E-state index contributed by atoms with van der Waals surface area (Å²) in [4.78, 5) is 27.6. The van der Waals surface area contributed by atoms with Gasteiger partial charge in [-0.2, -0.15) is 0 Å². The molecule has 3 aromatic rings. The van der Waals surface area contributed by atoms with Crippen molar-refractivity contribution in [1.82, 2.24) is 0 Å². The van der Waals surface area contributed by atoms with Gasteiger partial charge in [-0.3, -0.25) is 14.5 Å². The quantitative estimate of drug-likeness (QED) is 0.592. The molecule has 0 saturated heterocycles. The Morgan fingerprint density at radius 2 is 1.69 bits per heavy atom. The van der Waals surface area contributed by atoms with E-state index in [9.17, 15) is 9.59 Å². The molecular formula is C23H21N3O2S. The second-order valence-electron chi connectivity index (χ2n) is 6.77. The van der Waals surface area contributed by atoms with Gasteiger partial charge >= 0.3 is 0 Å². The van der Waals surface area contributed by atoms with Gasteiger partial charge in [0.15, 0.2) is 0 Å². The van der Waals surface area contributed by atoms with Crippen LogP contribution in [0.3, 0.4) is 0 Å². The van der Waals surface area contributed by atoms with E-state index in [1.807, 2.05) is 54.8 Å². The molecule has 6 heteroatoms. The lowest BCUT2D eigenvalue weighted by Crippen LogP contribution is -2.43. The highest BCUT2D eigenvalue weighted by molar-refractivity contribution is 7.98. The van der Waals surface area contributed by atoms with Crippen molar-refractivity contribution in [3.63, 3.8) is 0 Å². The minimum absolute atomic E-state index is 0.0643. The summed E-state index contributed by atoms with van der Waals surface area (Å²) in [6.45, 7) is 1.47. The number of fused-ring (bicyclic) bond motifs is 1. The molecule has 0 radical (unpaired) electrons. The number of amides is 2. The van der Waals surface area contributed by atoms with Crippen LogP contribution in [0.5, 0.6) is 0 Å². The predicted octanol–water partition coefficient (Wildman–Crippen LogP) is 5.14. The zero-order valence-corrected chi connectivity index (χ0v) is 17.0. The first kappa shape index (κ1) is 19.1. The van der Waals surface area contributed by atoms with E-state index in [1.54, 1.807) is 28.8 Å². The van der Waals surface area contributed by atoms with E-state index in [1.165, 1.54) is 11.8 Å². The summed E-state index contributed by atoms with van der Waals surface area (Å²) in [5.41, 5.74) is 3.90. The second-order valence-corrected chi connectivity index (χ2v) is 7.65. The standard InChI is InChI=1S/C23H21N3O2S/c1-15(27)24-17-9-11-18(12-10-17)26-22(16-7-13-19(29-2)14-8-16)25-21-6-4-3-5-20(21)23(26)28/h3-14,22,25H,1-2H3,(H,24,27). The van der Waals surface area contributed by atoms with Gasteiger partial charge in [-0.15, -0.1) is 11.8 Å². The van der Waals surface area contributed by atoms with Crippen LogP contribution in [0.15, 0.2) is 77.7 Å². The molecule has 0 aromatic heterocycles. The topological polar surface area (TPSA) is 61.4 Å². The molecule has 0 spiro atoms. The Morgan fingerprint density at radius 3 is 2.34 bits per heavy atom. The number of para-hydroxylation sites is 1. The summed E-state index contributed by atoms with van der Waals surface area (Å²) in [6, 6.07) is 23.1. The molecule has 1 aliphatic heterocycles. The van der Waals surface area contributed by atoms with Crippen molar-refractivity contribution in [2.75, 3.05) is 21.8 Å². The summed E-state index contributed by atoms with van der Waals surface area (Å²) in [5.74, 6) is -0.195. The third-order valence-electron chi connectivity index (χ3n) is 4.82. The van der Waals surface area contributed by atoms with Crippen LogP contribution >= 0.6 is 11.8 Å². The van der Waals surface area contributed by atoms with Crippen LogP contribution < -0.4 is 15.5 Å². The molecule has 2 amide bonds. The van der Waals surface area contributed by atoms with E-state index in [4.69, 9.17) is 0 Å². The lowest BCUT2D eigenvalue weighted by atomic mass is 10.0. The fourth-order valence-corrected chi connectivity index (χ4v) is 3.86. The number of hydrogen-bond donors (Lipinski definition) is 2. The number of anilines is 3. The number of benzene rings is 3. The lowest BCUT2D eigenvalue weighted by molar-refractivity contribution is -0.114. The van der Waals surface area contributed by atoms with E-state index < -0.39 is 0 Å². The normalized spacial score (nSPS) is 15.4. The van der Waals surface area contributed by atoms with Gasteiger partial charge in [-0.1, -0.05) is 24.3 Å². The minimum Gasteiger partial charge on any atom is -0.360 e. The summed E-state index contributed by atoms with van der Waals surface area (Å²) >= 11 is 1.68. The highest BCUT2D eigenvalue weighted by Crippen LogP contribution is 2.37. The third-order valence-corrected chi connectivity index (χ3v) is 5.57. The zero-order valence-electron chi connectivity index (χ0n) is 16.2. The van der Waals surface area contributed by atoms with Gasteiger partial charge in [0.05, 0.1) is 5.56 Å². The van der Waals surface area contributed by atoms with Gasteiger partial charge in [0, 0.05) is 28.9 Å². The molecule has 5 nitrogen and oxygen atoms in total. The predicted molar refractivity (Wildman–Crippen MR) is 119 cm³/mol. The summed E-state index contributed by atoms with van der Waals surface area (Å²) in [7, 11) is 0. The van der Waals surface area contributed by atoms with Crippen LogP contribution in [0.4, 0.5) is 17.1 Å². The number of thioether (sulfide) groups is 1. The molecular weight excluding hydrogens is 382 g/mol. The second kappa shape index (κ2) is 8.01. The Morgan fingerprint density at radius 1 is 1.00 bits per heavy atom. The van der Waals surface area contributed by atoms with E-state index in [2.05, 4.69) is 22.8 Å². The van der Waals surface area contributed by atoms with Crippen molar-refractivity contribution in [2.45, 2.75) is 18.0 Å². The van der Waals surface area contributed by atoms with E-state index >= 15 is 0 Å². The molecule has 4 rings (SSSR count). The van der Waals surface area contributed by atoms with Crippen molar-refractivity contribution in [3.8, 4) is 0 Å².